The molecular weight excluding hydrogens is 315 g/mol. The Morgan fingerprint density at radius 2 is 2.36 bits per heavy atom. The summed E-state index contributed by atoms with van der Waals surface area (Å²) in [5, 5.41) is 8.12. The topological polar surface area (TPSA) is 144 Å². The molecule has 0 aromatic heterocycles. The van der Waals surface area contributed by atoms with Gasteiger partial charge in [-0.3, -0.25) is 9.79 Å². The van der Waals surface area contributed by atoms with E-state index < -0.39 is 55.8 Å². The number of carbonyl (C=O) groups is 1. The monoisotopic (exact) mass is 329 g/mol. The van der Waals surface area contributed by atoms with Crippen molar-refractivity contribution < 1.29 is 33.6 Å². The molecule has 0 spiro atoms. The molecule has 22 heavy (non-hydrogen) atoms. The number of epoxide rings is 1. The van der Waals surface area contributed by atoms with Crippen molar-refractivity contribution in [2.45, 2.75) is 29.4 Å². The number of rotatable bonds is 5. The Morgan fingerprint density at radius 3 is 2.91 bits per heavy atom. The average Bonchev–Trinajstić information content (AvgIpc) is 3.27. The maximum Gasteiger partial charge on any atom is 0.547 e. The molecule has 0 radical (unpaired) electrons. The number of nitrogens with two attached hydrogens (primary N) is 1. The molecule has 0 aliphatic carbocycles. The van der Waals surface area contributed by atoms with Gasteiger partial charge in [0.05, 0.1) is 13.2 Å². The predicted molar refractivity (Wildman–Crippen MR) is 71.9 cm³/mol. The zero-order valence-electron chi connectivity index (χ0n) is 11.3. The van der Waals surface area contributed by atoms with Crippen molar-refractivity contribution in [3.8, 4) is 12.3 Å². The lowest BCUT2D eigenvalue weighted by Crippen LogP contribution is -2.66. The highest BCUT2D eigenvalue weighted by atomic mass is 31.1. The molecule has 9 nitrogen and oxygen atoms in total. The molecule has 7 unspecified atom stereocenters. The Labute approximate surface area is 126 Å². The van der Waals surface area contributed by atoms with Crippen molar-refractivity contribution >= 4 is 20.1 Å². The summed E-state index contributed by atoms with van der Waals surface area (Å²) in [5.74, 6) is 0.361. The molecule has 4 saturated heterocycles. The van der Waals surface area contributed by atoms with Gasteiger partial charge in [-0.05, 0) is 4.57 Å². The first-order valence-corrected chi connectivity index (χ1v) is 7.65. The summed E-state index contributed by atoms with van der Waals surface area (Å²) in [5.41, 5.74) is 3.84. The van der Waals surface area contributed by atoms with Crippen LogP contribution < -0.4 is 5.73 Å². The third-order valence-corrected chi connectivity index (χ3v) is 5.26. The van der Waals surface area contributed by atoms with Gasteiger partial charge < -0.3 is 25.1 Å². The van der Waals surface area contributed by atoms with E-state index in [4.69, 9.17) is 26.4 Å². The van der Waals surface area contributed by atoms with Crippen LogP contribution in [0.25, 0.3) is 0 Å². The number of amides is 1. The number of fused-ring (bicyclic) bond motifs is 2. The minimum absolute atomic E-state index is 0.0180. The van der Waals surface area contributed by atoms with Gasteiger partial charge in [-0.1, -0.05) is 5.92 Å². The summed E-state index contributed by atoms with van der Waals surface area (Å²) in [6.45, 7) is -0.445. The largest absolute Gasteiger partial charge is 0.547 e. The maximum atomic E-state index is 11.7. The van der Waals surface area contributed by atoms with Crippen LogP contribution in [0.4, 0.5) is 0 Å². The molecule has 7 atom stereocenters. The fourth-order valence-electron chi connectivity index (χ4n) is 2.86. The third kappa shape index (κ3) is 1.93. The maximum absolute atomic E-state index is 11.7. The van der Waals surface area contributed by atoms with Crippen molar-refractivity contribution in [2.24, 2.45) is 16.6 Å². The molecular formula is C12H14N2O7P+. The second kappa shape index (κ2) is 5.06. The van der Waals surface area contributed by atoms with Crippen molar-refractivity contribution in [1.82, 2.24) is 0 Å². The molecule has 4 aliphatic heterocycles. The number of nitrogens with zero attached hydrogens (tertiary/aromatic N) is 1. The van der Waals surface area contributed by atoms with E-state index in [0.717, 1.165) is 6.21 Å². The molecule has 0 aromatic carbocycles. The molecule has 4 rings (SSSR count). The zero-order chi connectivity index (χ0) is 16.1. The van der Waals surface area contributed by atoms with Gasteiger partial charge in [0.1, 0.15) is 5.92 Å². The summed E-state index contributed by atoms with van der Waals surface area (Å²) in [6, 6.07) is 0. The van der Waals surface area contributed by atoms with Crippen LogP contribution in [0.3, 0.4) is 0 Å². The Bertz CT molecular complexity index is 605. The van der Waals surface area contributed by atoms with Crippen LogP contribution in [0.1, 0.15) is 0 Å². The second-order valence-electron chi connectivity index (χ2n) is 5.33. The number of aliphatic imine (C=N–C) groups is 1. The Hall–Kier alpha value is -1.40. The number of terminal acetylenes is 1. The van der Waals surface area contributed by atoms with Gasteiger partial charge in [-0.2, -0.15) is 4.89 Å². The standard InChI is InChI=1S/C12H13N2O7P/c1-2-6(8(13)16)3-14-9-7-12(22(17)18)10(21-12)11(4-15,20-9)5-19-7/h1,3,6-7,9-10,15H,4-5H2,(H2-,13,16,17,18)/p+1. The zero-order valence-corrected chi connectivity index (χ0v) is 12.2. The molecule has 0 aromatic rings. The van der Waals surface area contributed by atoms with Gasteiger partial charge in [0.25, 0.3) is 0 Å². The van der Waals surface area contributed by atoms with Gasteiger partial charge in [-0.25, -0.2) is 0 Å². The Morgan fingerprint density at radius 1 is 1.64 bits per heavy atom. The lowest BCUT2D eigenvalue weighted by Gasteiger charge is -2.45. The number of carbonyl (C=O) groups excluding carboxylic acids is 1. The van der Waals surface area contributed by atoms with E-state index in [1.54, 1.807) is 0 Å². The molecule has 2 bridgehead atoms. The highest BCUT2D eigenvalue weighted by molar-refractivity contribution is 7.40. The first-order chi connectivity index (χ1) is 10.4. The van der Waals surface area contributed by atoms with Crippen molar-refractivity contribution in [3.05, 3.63) is 0 Å². The highest BCUT2D eigenvalue weighted by Gasteiger charge is 2.90. The average molecular weight is 329 g/mol. The quantitative estimate of drug-likeness (QED) is 0.231. The van der Waals surface area contributed by atoms with Gasteiger partial charge >= 0.3 is 13.4 Å². The van der Waals surface area contributed by atoms with Gasteiger partial charge in [0, 0.05) is 6.21 Å². The molecule has 4 aliphatic rings. The van der Waals surface area contributed by atoms with Crippen LogP contribution in [0, 0.1) is 18.3 Å². The van der Waals surface area contributed by atoms with Crippen molar-refractivity contribution in [1.29, 1.82) is 0 Å². The van der Waals surface area contributed by atoms with Crippen LogP contribution in [0.2, 0.25) is 0 Å². The lowest BCUT2D eigenvalue weighted by molar-refractivity contribution is -0.266. The number of aliphatic hydroxyl groups is 1. The van der Waals surface area contributed by atoms with E-state index in [9.17, 15) is 19.4 Å². The number of hydrogen-bond donors (Lipinski definition) is 3. The van der Waals surface area contributed by atoms with Crippen LogP contribution in [-0.2, 0) is 23.6 Å². The number of hydrogen-bond acceptors (Lipinski definition) is 7. The fourth-order valence-corrected chi connectivity index (χ4v) is 3.92. The molecule has 118 valence electrons. The molecule has 1 amide bonds. The van der Waals surface area contributed by atoms with Crippen LogP contribution in [-0.4, -0.2) is 64.7 Å². The van der Waals surface area contributed by atoms with Crippen molar-refractivity contribution in [3.63, 3.8) is 0 Å². The smallest absolute Gasteiger partial charge is 0.393 e. The summed E-state index contributed by atoms with van der Waals surface area (Å²) in [4.78, 5) is 24.6. The van der Waals surface area contributed by atoms with Crippen LogP contribution in [0.5, 0.6) is 0 Å². The van der Waals surface area contributed by atoms with Gasteiger partial charge in [-0.15, -0.1) is 6.42 Å². The number of aliphatic hydroxyl groups excluding tert-OH is 1. The van der Waals surface area contributed by atoms with E-state index in [-0.39, 0.29) is 6.61 Å². The van der Waals surface area contributed by atoms with Gasteiger partial charge in [0.15, 0.2) is 24.0 Å². The Balaban J connectivity index is 1.88. The highest BCUT2D eigenvalue weighted by Crippen LogP contribution is 2.66. The second-order valence-corrected chi connectivity index (χ2v) is 6.58. The van der Waals surface area contributed by atoms with E-state index in [2.05, 4.69) is 10.9 Å². The summed E-state index contributed by atoms with van der Waals surface area (Å²) in [7, 11) is -2.74. The minimum Gasteiger partial charge on any atom is -0.393 e. The molecule has 4 N–H and O–H groups in total. The summed E-state index contributed by atoms with van der Waals surface area (Å²) >= 11 is 0. The van der Waals surface area contributed by atoms with E-state index in [1.165, 1.54) is 0 Å². The normalized spacial score (nSPS) is 44.2. The molecule has 4 heterocycles. The van der Waals surface area contributed by atoms with Crippen molar-refractivity contribution in [2.75, 3.05) is 13.2 Å². The molecule has 0 saturated carbocycles. The first-order valence-electron chi connectivity index (χ1n) is 6.44. The third-order valence-electron chi connectivity index (χ3n) is 4.07. The molecule has 10 heteroatoms. The Kier molecular flexibility index (Phi) is 3.57. The molecule has 4 fully saturated rings. The van der Waals surface area contributed by atoms with Crippen LogP contribution >= 0.6 is 8.03 Å². The SMILES string of the molecule is C#CC(C=NC1OC2(CO)COC1C1([P+](=O)O)OC21)C(N)=O. The first kappa shape index (κ1) is 15.5. The van der Waals surface area contributed by atoms with E-state index in [0.29, 0.717) is 0 Å². The lowest BCUT2D eigenvalue weighted by atomic mass is 9.89. The van der Waals surface area contributed by atoms with Gasteiger partial charge in [0.2, 0.25) is 5.91 Å². The summed E-state index contributed by atoms with van der Waals surface area (Å²) in [6.07, 6.45) is 3.60. The summed E-state index contributed by atoms with van der Waals surface area (Å²) < 4.78 is 28.2. The number of ether oxygens (including phenoxy) is 3. The minimum atomic E-state index is -2.74. The van der Waals surface area contributed by atoms with E-state index in [1.807, 2.05) is 0 Å². The van der Waals surface area contributed by atoms with E-state index >= 15 is 0 Å². The fraction of sp³-hybridized carbons (Fsp3) is 0.667. The van der Waals surface area contributed by atoms with Crippen LogP contribution in [0.15, 0.2) is 4.99 Å². The predicted octanol–water partition coefficient (Wildman–Crippen LogP) is -1.89. The number of primary amides is 1.